The molecule has 6 heteroatoms. The van der Waals surface area contributed by atoms with Gasteiger partial charge < -0.3 is 0 Å². The molecule has 0 fully saturated rings. The minimum absolute atomic E-state index is 0.298. The summed E-state index contributed by atoms with van der Waals surface area (Å²) in [6.45, 7) is 0. The van der Waals surface area contributed by atoms with Gasteiger partial charge in [-0.2, -0.15) is 4.36 Å². The molecule has 1 unspecified atom stereocenters. The smallest absolute Gasteiger partial charge is 0.283 e. The summed E-state index contributed by atoms with van der Waals surface area (Å²) in [6, 6.07) is 24.4. The highest BCUT2D eigenvalue weighted by Gasteiger charge is 2.12. The van der Waals surface area contributed by atoms with E-state index >= 15 is 0 Å². The molecular weight excluding hydrogens is 368 g/mol. The van der Waals surface area contributed by atoms with E-state index in [2.05, 4.69) is 9.08 Å². The third kappa shape index (κ3) is 4.65. The van der Waals surface area contributed by atoms with Gasteiger partial charge in [-0.25, -0.2) is 0 Å². The molecule has 0 radical (unpaired) electrons. The molecule has 26 heavy (non-hydrogen) atoms. The quantitative estimate of drug-likeness (QED) is 0.711. The molecule has 0 heterocycles. The van der Waals surface area contributed by atoms with Crippen LogP contribution in [0.2, 0.25) is 5.02 Å². The predicted octanol–water partition coefficient (Wildman–Crippen LogP) is 4.69. The van der Waals surface area contributed by atoms with Gasteiger partial charge in [-0.1, -0.05) is 48.0 Å². The first-order chi connectivity index (χ1) is 12.6. The van der Waals surface area contributed by atoms with Gasteiger partial charge in [0.1, 0.15) is 0 Å². The van der Waals surface area contributed by atoms with E-state index in [1.54, 1.807) is 72.8 Å². The number of hydrogen-bond acceptors (Lipinski definition) is 2. The Bertz CT molecular complexity index is 943. The van der Waals surface area contributed by atoms with Crippen LogP contribution in [0.5, 0.6) is 0 Å². The standard InChI is InChI=1S/C20H15ClN2O2S/c21-17-11-13-18(14-12-17)26(22-19(24)15-7-3-1-4-8-15)23-20(25)16-9-5-2-6-10-16/h1-14H,(H,22,23,24,25). The maximum Gasteiger partial charge on any atom is 0.284 e. The highest BCUT2D eigenvalue weighted by molar-refractivity contribution is 7.86. The van der Waals surface area contributed by atoms with Crippen LogP contribution in [0.3, 0.4) is 0 Å². The zero-order valence-corrected chi connectivity index (χ0v) is 15.2. The Morgan fingerprint density at radius 2 is 1.31 bits per heavy atom. The minimum Gasteiger partial charge on any atom is -0.283 e. The van der Waals surface area contributed by atoms with Crippen LogP contribution in [0.15, 0.2) is 94.2 Å². The second-order valence-corrected chi connectivity index (χ2v) is 7.16. The van der Waals surface area contributed by atoms with Crippen LogP contribution in [-0.4, -0.2) is 11.8 Å². The van der Waals surface area contributed by atoms with E-state index in [1.807, 2.05) is 12.1 Å². The summed E-state index contributed by atoms with van der Waals surface area (Å²) >= 11 is 5.94. The van der Waals surface area contributed by atoms with Crippen molar-refractivity contribution in [1.82, 2.24) is 4.72 Å². The largest absolute Gasteiger partial charge is 0.284 e. The first kappa shape index (κ1) is 18.0. The van der Waals surface area contributed by atoms with Crippen molar-refractivity contribution in [3.8, 4) is 0 Å². The lowest BCUT2D eigenvalue weighted by atomic mass is 10.2. The lowest BCUT2D eigenvalue weighted by Gasteiger charge is -2.10. The zero-order valence-electron chi connectivity index (χ0n) is 13.6. The summed E-state index contributed by atoms with van der Waals surface area (Å²) in [7, 11) is -1.14. The molecule has 0 saturated heterocycles. The lowest BCUT2D eigenvalue weighted by molar-refractivity contribution is 0.0983. The molecule has 1 atom stereocenters. The third-order valence-corrected chi connectivity index (χ3v) is 5.15. The van der Waals surface area contributed by atoms with Crippen LogP contribution in [0.4, 0.5) is 0 Å². The normalized spacial score (nSPS) is 11.7. The van der Waals surface area contributed by atoms with Gasteiger partial charge in [0.25, 0.3) is 11.8 Å². The van der Waals surface area contributed by atoms with E-state index in [0.717, 1.165) is 0 Å². The number of carbonyl (C=O) groups excluding carboxylic acids is 2. The van der Waals surface area contributed by atoms with Crippen molar-refractivity contribution in [3.05, 3.63) is 101 Å². The molecule has 0 spiro atoms. The van der Waals surface area contributed by atoms with E-state index in [-0.39, 0.29) is 5.91 Å². The number of amides is 2. The Morgan fingerprint density at radius 3 is 1.88 bits per heavy atom. The monoisotopic (exact) mass is 382 g/mol. The molecule has 0 aliphatic carbocycles. The number of nitrogens with one attached hydrogen (secondary N) is 1. The van der Waals surface area contributed by atoms with Crippen LogP contribution in [0, 0.1) is 0 Å². The Balaban J connectivity index is 1.94. The molecule has 130 valence electrons. The van der Waals surface area contributed by atoms with Gasteiger partial charge in [0.2, 0.25) is 0 Å². The van der Waals surface area contributed by atoms with Gasteiger partial charge in [0, 0.05) is 31.9 Å². The first-order valence-electron chi connectivity index (χ1n) is 7.80. The number of carbonyl (C=O) groups is 2. The molecule has 1 N–H and O–H groups in total. The summed E-state index contributed by atoms with van der Waals surface area (Å²) < 4.78 is 7.05. The van der Waals surface area contributed by atoms with Crippen LogP contribution >= 0.6 is 11.6 Å². The van der Waals surface area contributed by atoms with Gasteiger partial charge in [-0.15, -0.1) is 0 Å². The van der Waals surface area contributed by atoms with Crippen molar-refractivity contribution < 1.29 is 9.59 Å². The molecule has 3 aromatic carbocycles. The van der Waals surface area contributed by atoms with Gasteiger partial charge in [-0.3, -0.25) is 14.3 Å². The second kappa shape index (κ2) is 8.56. The van der Waals surface area contributed by atoms with E-state index in [1.165, 1.54) is 0 Å². The van der Waals surface area contributed by atoms with Crippen molar-refractivity contribution in [2.45, 2.75) is 4.90 Å². The van der Waals surface area contributed by atoms with Crippen molar-refractivity contribution in [3.63, 3.8) is 0 Å². The van der Waals surface area contributed by atoms with E-state index < -0.39 is 16.8 Å². The predicted molar refractivity (Wildman–Crippen MR) is 104 cm³/mol. The molecule has 0 saturated carbocycles. The molecule has 3 rings (SSSR count). The molecule has 0 aromatic heterocycles. The first-order valence-corrected chi connectivity index (χ1v) is 9.36. The van der Waals surface area contributed by atoms with Gasteiger partial charge >= 0.3 is 0 Å². The SMILES string of the molecule is O=C(N=S(NC(=O)c1ccccc1)c1ccc(Cl)cc1)c1ccccc1. The average Bonchev–Trinajstić information content (AvgIpc) is 2.69. The summed E-state index contributed by atoms with van der Waals surface area (Å²) in [5, 5.41) is 0.570. The highest BCUT2D eigenvalue weighted by Crippen LogP contribution is 2.15. The molecule has 0 bridgehead atoms. The van der Waals surface area contributed by atoms with Crippen LogP contribution in [0.1, 0.15) is 20.7 Å². The molecule has 0 aliphatic heterocycles. The Labute approximate surface area is 159 Å². The van der Waals surface area contributed by atoms with E-state index in [0.29, 0.717) is 21.0 Å². The molecule has 0 aliphatic rings. The van der Waals surface area contributed by atoms with Crippen LogP contribution in [0.25, 0.3) is 0 Å². The summed E-state index contributed by atoms with van der Waals surface area (Å²) in [5.74, 6) is -0.689. The fraction of sp³-hybridized carbons (Fsp3) is 0. The van der Waals surface area contributed by atoms with Crippen LogP contribution in [-0.2, 0) is 10.9 Å². The second-order valence-electron chi connectivity index (χ2n) is 5.30. The van der Waals surface area contributed by atoms with Gasteiger partial charge in [0.05, 0.1) is 0 Å². The number of hydrogen-bond donors (Lipinski definition) is 1. The number of benzene rings is 3. The Hall–Kier alpha value is -2.76. The Morgan fingerprint density at radius 1 is 0.769 bits per heavy atom. The van der Waals surface area contributed by atoms with Crippen molar-refractivity contribution in [2.75, 3.05) is 0 Å². The minimum atomic E-state index is -1.14. The van der Waals surface area contributed by atoms with E-state index in [4.69, 9.17) is 11.6 Å². The summed E-state index contributed by atoms with van der Waals surface area (Å²) in [6.07, 6.45) is 0. The summed E-state index contributed by atoms with van der Waals surface area (Å²) in [4.78, 5) is 25.7. The maximum absolute atomic E-state index is 12.5. The third-order valence-electron chi connectivity index (χ3n) is 3.46. The maximum atomic E-state index is 12.5. The number of nitrogens with zero attached hydrogens (tertiary/aromatic N) is 1. The molecule has 3 aromatic rings. The molecule has 2 amide bonds. The highest BCUT2D eigenvalue weighted by atomic mass is 35.5. The lowest BCUT2D eigenvalue weighted by Crippen LogP contribution is -2.26. The van der Waals surface area contributed by atoms with Crippen molar-refractivity contribution in [2.24, 2.45) is 4.36 Å². The van der Waals surface area contributed by atoms with E-state index in [9.17, 15) is 9.59 Å². The molecule has 4 nitrogen and oxygen atoms in total. The van der Waals surface area contributed by atoms with Gasteiger partial charge in [0.15, 0.2) is 0 Å². The zero-order chi connectivity index (χ0) is 18.4. The fourth-order valence-corrected chi connectivity index (χ4v) is 3.50. The Kier molecular flexibility index (Phi) is 5.94. The fourth-order valence-electron chi connectivity index (χ4n) is 2.15. The van der Waals surface area contributed by atoms with Crippen molar-refractivity contribution >= 4 is 34.3 Å². The van der Waals surface area contributed by atoms with Gasteiger partial charge in [-0.05, 0) is 48.5 Å². The molecular formula is C20H15ClN2O2S. The van der Waals surface area contributed by atoms with Crippen LogP contribution < -0.4 is 4.72 Å². The number of rotatable bonds is 4. The summed E-state index contributed by atoms with van der Waals surface area (Å²) in [5.41, 5.74) is 0.967. The number of halogens is 1. The van der Waals surface area contributed by atoms with Crippen molar-refractivity contribution in [1.29, 1.82) is 0 Å². The average molecular weight is 383 g/mol. The topological polar surface area (TPSA) is 58.5 Å².